The SMILES string of the molecule is CCN1CCN(c2cccc(NC(=O)c3cnn(C)c3C)c2)CC1. The predicted molar refractivity (Wildman–Crippen MR) is 96.7 cm³/mol. The normalized spacial score (nSPS) is 15.5. The lowest BCUT2D eigenvalue weighted by Gasteiger charge is -2.35. The van der Waals surface area contributed by atoms with E-state index in [2.05, 4.69) is 33.2 Å². The Morgan fingerprint density at radius 1 is 1.25 bits per heavy atom. The molecule has 2 aromatic rings. The third-order valence-corrected chi connectivity index (χ3v) is 4.77. The minimum atomic E-state index is -0.117. The van der Waals surface area contributed by atoms with Crippen molar-refractivity contribution in [1.29, 1.82) is 0 Å². The van der Waals surface area contributed by atoms with Gasteiger partial charge in [-0.1, -0.05) is 13.0 Å². The summed E-state index contributed by atoms with van der Waals surface area (Å²) in [5.41, 5.74) is 3.45. The minimum Gasteiger partial charge on any atom is -0.369 e. The van der Waals surface area contributed by atoms with Gasteiger partial charge in [0.05, 0.1) is 11.8 Å². The fraction of sp³-hybridized carbons (Fsp3) is 0.444. The summed E-state index contributed by atoms with van der Waals surface area (Å²) in [6, 6.07) is 8.07. The second kappa shape index (κ2) is 7.05. The van der Waals surface area contributed by atoms with Gasteiger partial charge in [0.1, 0.15) is 0 Å². The van der Waals surface area contributed by atoms with Crippen LogP contribution in [0.4, 0.5) is 11.4 Å². The molecule has 1 saturated heterocycles. The number of carbonyl (C=O) groups is 1. The smallest absolute Gasteiger partial charge is 0.259 e. The van der Waals surface area contributed by atoms with Crippen LogP contribution in [0.1, 0.15) is 23.0 Å². The van der Waals surface area contributed by atoms with Gasteiger partial charge in [-0.05, 0) is 31.7 Å². The largest absolute Gasteiger partial charge is 0.369 e. The van der Waals surface area contributed by atoms with Gasteiger partial charge in [-0.3, -0.25) is 9.48 Å². The highest BCUT2D eigenvalue weighted by molar-refractivity contribution is 6.05. The molecule has 2 heterocycles. The van der Waals surface area contributed by atoms with Gasteiger partial charge in [0.25, 0.3) is 5.91 Å². The van der Waals surface area contributed by atoms with Crippen molar-refractivity contribution in [3.05, 3.63) is 41.7 Å². The molecule has 0 bridgehead atoms. The molecule has 0 atom stereocenters. The summed E-state index contributed by atoms with van der Waals surface area (Å²) in [4.78, 5) is 17.3. The Balaban J connectivity index is 1.69. The number of carbonyl (C=O) groups excluding carboxylic acids is 1. The van der Waals surface area contributed by atoms with E-state index in [1.54, 1.807) is 10.9 Å². The van der Waals surface area contributed by atoms with Gasteiger partial charge in [0, 0.05) is 50.3 Å². The number of likely N-dealkylation sites (N-methyl/N-ethyl adjacent to an activating group) is 1. The maximum atomic E-state index is 12.4. The Bertz CT molecular complexity index is 716. The summed E-state index contributed by atoms with van der Waals surface area (Å²) in [6.07, 6.45) is 1.61. The lowest BCUT2D eigenvalue weighted by molar-refractivity contribution is 0.102. The minimum absolute atomic E-state index is 0.117. The van der Waals surface area contributed by atoms with Gasteiger partial charge < -0.3 is 15.1 Å². The van der Waals surface area contributed by atoms with E-state index in [-0.39, 0.29) is 5.91 Å². The average Bonchev–Trinajstić information content (AvgIpc) is 2.94. The maximum absolute atomic E-state index is 12.4. The molecule has 0 unspecified atom stereocenters. The van der Waals surface area contributed by atoms with E-state index < -0.39 is 0 Å². The first-order chi connectivity index (χ1) is 11.6. The summed E-state index contributed by atoms with van der Waals surface area (Å²) >= 11 is 0. The number of piperazine rings is 1. The number of aromatic nitrogens is 2. The lowest BCUT2D eigenvalue weighted by Crippen LogP contribution is -2.46. The summed E-state index contributed by atoms with van der Waals surface area (Å²) < 4.78 is 1.71. The zero-order valence-electron chi connectivity index (χ0n) is 14.6. The highest BCUT2D eigenvalue weighted by atomic mass is 16.1. The molecule has 1 amide bonds. The molecule has 1 aromatic heterocycles. The number of nitrogens with zero attached hydrogens (tertiary/aromatic N) is 4. The molecule has 1 aliphatic heterocycles. The van der Waals surface area contributed by atoms with Gasteiger partial charge in [0.15, 0.2) is 0 Å². The number of hydrogen-bond donors (Lipinski definition) is 1. The van der Waals surface area contributed by atoms with Crippen molar-refractivity contribution in [2.75, 3.05) is 42.9 Å². The van der Waals surface area contributed by atoms with Crippen LogP contribution in [0, 0.1) is 6.92 Å². The molecule has 0 saturated carbocycles. The van der Waals surface area contributed by atoms with Crippen molar-refractivity contribution < 1.29 is 4.79 Å². The van der Waals surface area contributed by atoms with Crippen molar-refractivity contribution in [2.24, 2.45) is 7.05 Å². The zero-order valence-corrected chi connectivity index (χ0v) is 14.6. The highest BCUT2D eigenvalue weighted by Crippen LogP contribution is 2.21. The van der Waals surface area contributed by atoms with E-state index in [1.807, 2.05) is 32.2 Å². The molecule has 1 aromatic carbocycles. The van der Waals surface area contributed by atoms with Crippen LogP contribution in [0.25, 0.3) is 0 Å². The van der Waals surface area contributed by atoms with Crippen LogP contribution < -0.4 is 10.2 Å². The fourth-order valence-electron chi connectivity index (χ4n) is 3.02. The standard InChI is InChI=1S/C18H25N5O/c1-4-22-8-10-23(11-9-22)16-7-5-6-15(12-16)20-18(24)17-13-19-21(3)14(17)2/h5-7,12-13H,4,8-11H2,1-3H3,(H,20,24). The molecule has 1 fully saturated rings. The number of amides is 1. The molecule has 128 valence electrons. The third kappa shape index (κ3) is 3.43. The molecule has 0 aliphatic carbocycles. The number of rotatable bonds is 4. The summed E-state index contributed by atoms with van der Waals surface area (Å²) in [6.45, 7) is 9.41. The van der Waals surface area contributed by atoms with Crippen LogP contribution in [0.15, 0.2) is 30.5 Å². The first-order valence-electron chi connectivity index (χ1n) is 8.46. The quantitative estimate of drug-likeness (QED) is 0.935. The Kier molecular flexibility index (Phi) is 4.85. The molecule has 6 nitrogen and oxygen atoms in total. The molecule has 6 heteroatoms. The second-order valence-corrected chi connectivity index (χ2v) is 6.19. The van der Waals surface area contributed by atoms with E-state index in [0.29, 0.717) is 5.56 Å². The van der Waals surface area contributed by atoms with Crippen molar-refractivity contribution in [1.82, 2.24) is 14.7 Å². The molecular weight excluding hydrogens is 302 g/mol. The molecule has 1 N–H and O–H groups in total. The lowest BCUT2D eigenvalue weighted by atomic mass is 10.2. The molecule has 24 heavy (non-hydrogen) atoms. The first kappa shape index (κ1) is 16.5. The van der Waals surface area contributed by atoms with Crippen molar-refractivity contribution in [2.45, 2.75) is 13.8 Å². The molecule has 0 radical (unpaired) electrons. The first-order valence-corrected chi connectivity index (χ1v) is 8.46. The van der Waals surface area contributed by atoms with E-state index in [1.165, 1.54) is 0 Å². The molecule has 1 aliphatic rings. The number of nitrogens with one attached hydrogen (secondary N) is 1. The maximum Gasteiger partial charge on any atom is 0.259 e. The van der Waals surface area contributed by atoms with Crippen molar-refractivity contribution >= 4 is 17.3 Å². The van der Waals surface area contributed by atoms with E-state index in [4.69, 9.17) is 0 Å². The topological polar surface area (TPSA) is 53.4 Å². The van der Waals surface area contributed by atoms with Gasteiger partial charge in [0.2, 0.25) is 0 Å². The number of benzene rings is 1. The third-order valence-electron chi connectivity index (χ3n) is 4.77. The van der Waals surface area contributed by atoms with Gasteiger partial charge >= 0.3 is 0 Å². The zero-order chi connectivity index (χ0) is 17.1. The van der Waals surface area contributed by atoms with Crippen LogP contribution in [-0.4, -0.2) is 53.3 Å². The van der Waals surface area contributed by atoms with Crippen LogP contribution in [0.2, 0.25) is 0 Å². The van der Waals surface area contributed by atoms with E-state index >= 15 is 0 Å². The monoisotopic (exact) mass is 327 g/mol. The Labute approximate surface area is 143 Å². The van der Waals surface area contributed by atoms with Gasteiger partial charge in [-0.25, -0.2) is 0 Å². The Hall–Kier alpha value is -2.34. The van der Waals surface area contributed by atoms with Gasteiger partial charge in [-0.2, -0.15) is 5.10 Å². The number of hydrogen-bond acceptors (Lipinski definition) is 4. The number of anilines is 2. The highest BCUT2D eigenvalue weighted by Gasteiger charge is 2.17. The van der Waals surface area contributed by atoms with Crippen LogP contribution >= 0.6 is 0 Å². The van der Waals surface area contributed by atoms with Crippen molar-refractivity contribution in [3.63, 3.8) is 0 Å². The summed E-state index contributed by atoms with van der Waals surface area (Å²) in [5.74, 6) is -0.117. The average molecular weight is 327 g/mol. The predicted octanol–water partition coefficient (Wildman–Crippen LogP) is 2.12. The Morgan fingerprint density at radius 3 is 2.62 bits per heavy atom. The molecular formula is C18H25N5O. The van der Waals surface area contributed by atoms with Crippen LogP contribution in [-0.2, 0) is 7.05 Å². The van der Waals surface area contributed by atoms with E-state index in [9.17, 15) is 4.79 Å². The Morgan fingerprint density at radius 2 is 2.00 bits per heavy atom. The fourth-order valence-corrected chi connectivity index (χ4v) is 3.02. The van der Waals surface area contributed by atoms with Crippen molar-refractivity contribution in [3.8, 4) is 0 Å². The van der Waals surface area contributed by atoms with Crippen LogP contribution in [0.5, 0.6) is 0 Å². The van der Waals surface area contributed by atoms with Gasteiger partial charge in [-0.15, -0.1) is 0 Å². The number of aryl methyl sites for hydroxylation is 1. The summed E-state index contributed by atoms with van der Waals surface area (Å²) in [7, 11) is 1.84. The van der Waals surface area contributed by atoms with E-state index in [0.717, 1.165) is 49.8 Å². The molecule has 3 rings (SSSR count). The second-order valence-electron chi connectivity index (χ2n) is 6.19. The van der Waals surface area contributed by atoms with Crippen LogP contribution in [0.3, 0.4) is 0 Å². The summed E-state index contributed by atoms with van der Waals surface area (Å²) in [5, 5.41) is 7.11. The molecule has 0 spiro atoms.